The molecule has 0 aliphatic carbocycles. The highest BCUT2D eigenvalue weighted by Crippen LogP contribution is 2.68. The molecule has 2 aromatic rings. The summed E-state index contributed by atoms with van der Waals surface area (Å²) in [6.45, 7) is 6.11. The molecule has 4 heteroatoms. The lowest BCUT2D eigenvalue weighted by atomic mass is 9.89. The van der Waals surface area contributed by atoms with E-state index in [1.54, 1.807) is 0 Å². The molecule has 24 heavy (non-hydrogen) atoms. The summed E-state index contributed by atoms with van der Waals surface area (Å²) in [7, 11) is -3.31. The van der Waals surface area contributed by atoms with Crippen molar-refractivity contribution in [3.63, 3.8) is 0 Å². The average molecular weight is 342 g/mol. The van der Waals surface area contributed by atoms with Gasteiger partial charge in [-0.3, -0.25) is 9.09 Å². The minimum atomic E-state index is -3.31. The number of hydrogen-bond donors (Lipinski definition) is 0. The van der Waals surface area contributed by atoms with Crippen molar-refractivity contribution in [2.24, 2.45) is 0 Å². The monoisotopic (exact) mass is 342 g/mol. The minimum absolute atomic E-state index is 0.355. The van der Waals surface area contributed by atoms with Crippen molar-refractivity contribution in [3.05, 3.63) is 77.1 Å². The molecule has 0 fully saturated rings. The first kappa shape index (κ1) is 17.2. The van der Waals surface area contributed by atoms with Crippen LogP contribution in [-0.4, -0.2) is 12.2 Å². The van der Waals surface area contributed by atoms with Crippen LogP contribution in [0, 0.1) is 0 Å². The average Bonchev–Trinajstić information content (AvgIpc) is 2.75. The summed E-state index contributed by atoms with van der Waals surface area (Å²) in [6.07, 6.45) is 0.561. The molecular formula is C20H23O3P. The second-order valence-corrected chi connectivity index (χ2v) is 8.34. The maximum absolute atomic E-state index is 13.4. The van der Waals surface area contributed by atoms with Crippen molar-refractivity contribution in [1.29, 1.82) is 0 Å². The standard InChI is InChI=1S/C20H23O3P/c1-4-22-24(21)18(15-16-11-7-5-8-12-16)19(20(2,3)23-24)17-13-9-6-10-14-17/h5-14H,4,15H2,1-3H3. The first-order valence-electron chi connectivity index (χ1n) is 8.25. The molecule has 2 aromatic carbocycles. The van der Waals surface area contributed by atoms with E-state index in [9.17, 15) is 4.57 Å². The van der Waals surface area contributed by atoms with Crippen LogP contribution in [0.2, 0.25) is 0 Å². The van der Waals surface area contributed by atoms with Gasteiger partial charge >= 0.3 is 7.60 Å². The molecule has 0 aromatic heterocycles. The predicted octanol–water partition coefficient (Wildman–Crippen LogP) is 5.68. The molecule has 1 aliphatic rings. The van der Waals surface area contributed by atoms with Crippen molar-refractivity contribution < 1.29 is 13.6 Å². The van der Waals surface area contributed by atoms with E-state index >= 15 is 0 Å². The number of benzene rings is 2. The van der Waals surface area contributed by atoms with Crippen molar-refractivity contribution in [2.45, 2.75) is 32.8 Å². The molecule has 0 amide bonds. The van der Waals surface area contributed by atoms with E-state index in [4.69, 9.17) is 9.05 Å². The van der Waals surface area contributed by atoms with Gasteiger partial charge in [0.2, 0.25) is 0 Å². The van der Waals surface area contributed by atoms with Crippen LogP contribution < -0.4 is 0 Å². The fourth-order valence-corrected chi connectivity index (χ4v) is 5.65. The van der Waals surface area contributed by atoms with Gasteiger partial charge in [0.1, 0.15) is 0 Å². The van der Waals surface area contributed by atoms with Gasteiger partial charge in [0.15, 0.2) is 0 Å². The van der Waals surface area contributed by atoms with Gasteiger partial charge < -0.3 is 4.52 Å². The van der Waals surface area contributed by atoms with Crippen LogP contribution in [0.5, 0.6) is 0 Å². The fourth-order valence-electron chi connectivity index (χ4n) is 3.25. The van der Waals surface area contributed by atoms with Crippen LogP contribution in [0.25, 0.3) is 5.57 Å². The Labute approximate surface area is 143 Å². The van der Waals surface area contributed by atoms with Gasteiger partial charge in [0.05, 0.1) is 17.5 Å². The van der Waals surface area contributed by atoms with Gasteiger partial charge in [-0.1, -0.05) is 60.7 Å². The van der Waals surface area contributed by atoms with Crippen molar-refractivity contribution in [3.8, 4) is 0 Å². The Morgan fingerprint density at radius 3 is 2.17 bits per heavy atom. The molecule has 0 saturated carbocycles. The third-order valence-corrected chi connectivity index (χ3v) is 6.48. The lowest BCUT2D eigenvalue weighted by Gasteiger charge is -2.23. The van der Waals surface area contributed by atoms with E-state index < -0.39 is 13.2 Å². The largest absolute Gasteiger partial charge is 0.358 e. The third-order valence-electron chi connectivity index (χ3n) is 4.15. The van der Waals surface area contributed by atoms with Gasteiger partial charge in [-0.15, -0.1) is 0 Å². The summed E-state index contributed by atoms with van der Waals surface area (Å²) >= 11 is 0. The Bertz CT molecular complexity index is 779. The van der Waals surface area contributed by atoms with Gasteiger partial charge in [-0.2, -0.15) is 0 Å². The normalized spacial score (nSPS) is 22.8. The third kappa shape index (κ3) is 3.25. The van der Waals surface area contributed by atoms with E-state index in [-0.39, 0.29) is 0 Å². The van der Waals surface area contributed by atoms with E-state index in [0.717, 1.165) is 22.0 Å². The summed E-state index contributed by atoms with van der Waals surface area (Å²) in [6, 6.07) is 20.1. The Hall–Kier alpha value is -1.67. The maximum atomic E-state index is 13.4. The number of hydrogen-bond acceptors (Lipinski definition) is 3. The molecule has 3 rings (SSSR count). The van der Waals surface area contributed by atoms with E-state index in [2.05, 4.69) is 0 Å². The zero-order valence-electron chi connectivity index (χ0n) is 14.4. The molecular weight excluding hydrogens is 319 g/mol. The van der Waals surface area contributed by atoms with E-state index in [0.29, 0.717) is 13.0 Å². The number of allylic oxidation sites excluding steroid dienone is 1. The van der Waals surface area contributed by atoms with Crippen molar-refractivity contribution in [2.75, 3.05) is 6.61 Å². The first-order chi connectivity index (χ1) is 11.5. The molecule has 0 N–H and O–H groups in total. The molecule has 0 radical (unpaired) electrons. The molecule has 1 unspecified atom stereocenters. The highest BCUT2D eigenvalue weighted by atomic mass is 31.2. The van der Waals surface area contributed by atoms with Crippen LogP contribution in [0.15, 0.2) is 66.0 Å². The van der Waals surface area contributed by atoms with Crippen LogP contribution in [0.4, 0.5) is 0 Å². The van der Waals surface area contributed by atoms with Gasteiger partial charge in [0.25, 0.3) is 0 Å². The summed E-state index contributed by atoms with van der Waals surface area (Å²) < 4.78 is 25.1. The molecule has 126 valence electrons. The minimum Gasteiger partial charge on any atom is -0.306 e. The van der Waals surface area contributed by atoms with Gasteiger partial charge in [-0.25, -0.2) is 0 Å². The molecule has 1 atom stereocenters. The summed E-state index contributed by atoms with van der Waals surface area (Å²) in [5.41, 5.74) is 2.45. The second-order valence-electron chi connectivity index (χ2n) is 6.37. The lowest BCUT2D eigenvalue weighted by molar-refractivity contribution is 0.142. The highest BCUT2D eigenvalue weighted by molar-refractivity contribution is 7.59. The fraction of sp³-hybridized carbons (Fsp3) is 0.300. The molecule has 0 saturated heterocycles. The maximum Gasteiger partial charge on any atom is 0.358 e. The van der Waals surface area contributed by atoms with Crippen LogP contribution in [0.1, 0.15) is 31.9 Å². The Balaban J connectivity index is 2.17. The zero-order chi connectivity index (χ0) is 17.2. The summed E-state index contributed by atoms with van der Waals surface area (Å²) in [4.78, 5) is 0. The predicted molar refractivity (Wildman–Crippen MR) is 97.9 cm³/mol. The summed E-state index contributed by atoms with van der Waals surface area (Å²) in [5.74, 6) is 0. The van der Waals surface area contributed by atoms with Gasteiger partial charge in [-0.05, 0) is 31.9 Å². The molecule has 0 bridgehead atoms. The van der Waals surface area contributed by atoms with Crippen molar-refractivity contribution >= 4 is 13.2 Å². The molecule has 1 heterocycles. The molecule has 1 aliphatic heterocycles. The van der Waals surface area contributed by atoms with Gasteiger partial charge in [0, 0.05) is 12.0 Å². The highest BCUT2D eigenvalue weighted by Gasteiger charge is 2.49. The van der Waals surface area contributed by atoms with Crippen LogP contribution in [0.3, 0.4) is 0 Å². The van der Waals surface area contributed by atoms with Crippen molar-refractivity contribution in [1.82, 2.24) is 0 Å². The Kier molecular flexibility index (Phi) is 4.78. The number of rotatable bonds is 5. The second kappa shape index (κ2) is 6.68. The summed E-state index contributed by atoms with van der Waals surface area (Å²) in [5, 5.41) is 0.770. The smallest absolute Gasteiger partial charge is 0.306 e. The van der Waals surface area contributed by atoms with E-state index in [1.165, 1.54) is 0 Å². The topological polar surface area (TPSA) is 35.5 Å². The zero-order valence-corrected chi connectivity index (χ0v) is 15.3. The van der Waals surface area contributed by atoms with Crippen LogP contribution >= 0.6 is 7.60 Å². The SMILES string of the molecule is CCOP1(=O)OC(C)(C)C(c2ccccc2)=C1Cc1ccccc1. The van der Waals surface area contributed by atoms with E-state index in [1.807, 2.05) is 81.4 Å². The quantitative estimate of drug-likeness (QED) is 0.656. The Morgan fingerprint density at radius 1 is 1.00 bits per heavy atom. The first-order valence-corrected chi connectivity index (χ1v) is 9.79. The molecule has 0 spiro atoms. The molecule has 3 nitrogen and oxygen atoms in total. The van der Waals surface area contributed by atoms with Crippen LogP contribution in [-0.2, 0) is 20.0 Å². The Morgan fingerprint density at radius 2 is 1.58 bits per heavy atom. The lowest BCUT2D eigenvalue weighted by Crippen LogP contribution is -2.20.